The van der Waals surface area contributed by atoms with Gasteiger partial charge in [-0.15, -0.1) is 10.2 Å². The number of nitrogens with zero attached hydrogens (tertiary/aromatic N) is 3. The second-order valence-corrected chi connectivity index (χ2v) is 7.44. The average molecular weight is 371 g/mol. The zero-order valence-corrected chi connectivity index (χ0v) is 15.0. The minimum absolute atomic E-state index is 0.0512. The summed E-state index contributed by atoms with van der Waals surface area (Å²) >= 11 is 0. The smallest absolute Gasteiger partial charge is 0.261 e. The van der Waals surface area contributed by atoms with Gasteiger partial charge in [0.2, 0.25) is 5.91 Å². The first-order valence-electron chi connectivity index (χ1n) is 7.66. The molecule has 0 radical (unpaired) electrons. The van der Waals surface area contributed by atoms with E-state index in [9.17, 15) is 13.2 Å². The summed E-state index contributed by atoms with van der Waals surface area (Å²) in [4.78, 5) is 11.4. The Kier molecular flexibility index (Phi) is 4.47. The molecule has 1 amide bonds. The van der Waals surface area contributed by atoms with Crippen molar-refractivity contribution in [3.63, 3.8) is 0 Å². The van der Waals surface area contributed by atoms with E-state index in [4.69, 9.17) is 5.73 Å². The fraction of sp³-hybridized carbons (Fsp3) is 0.118. The van der Waals surface area contributed by atoms with Crippen LogP contribution < -0.4 is 10.5 Å². The number of sulfonamides is 1. The van der Waals surface area contributed by atoms with E-state index in [1.54, 1.807) is 48.9 Å². The van der Waals surface area contributed by atoms with E-state index < -0.39 is 15.9 Å². The van der Waals surface area contributed by atoms with Gasteiger partial charge in [0.15, 0.2) is 5.82 Å². The molecule has 134 valence electrons. The van der Waals surface area contributed by atoms with Crippen LogP contribution in [-0.4, -0.2) is 29.1 Å². The highest BCUT2D eigenvalue weighted by atomic mass is 32.2. The third-order valence-electron chi connectivity index (χ3n) is 3.91. The van der Waals surface area contributed by atoms with Gasteiger partial charge in [-0.1, -0.05) is 18.2 Å². The summed E-state index contributed by atoms with van der Waals surface area (Å²) in [5.41, 5.74) is 7.01. The van der Waals surface area contributed by atoms with Crippen molar-refractivity contribution in [2.45, 2.75) is 11.8 Å². The first kappa shape index (κ1) is 17.6. The largest absolute Gasteiger partial charge is 0.366 e. The Morgan fingerprint density at radius 1 is 1.19 bits per heavy atom. The molecular formula is C17H17N5O3S. The minimum atomic E-state index is -3.93. The quantitative estimate of drug-likeness (QED) is 0.707. The standard InChI is InChI=1S/C17H17N5O3S/c1-11-7-8-12(9-14(11)16(18)23)26(24,25)21-15-6-4-3-5-13(15)17-20-19-10-22(17)2/h3-10,21H,1-2H3,(H2,18,23). The maximum Gasteiger partial charge on any atom is 0.261 e. The van der Waals surface area contributed by atoms with Gasteiger partial charge in [-0.2, -0.15) is 0 Å². The molecule has 26 heavy (non-hydrogen) atoms. The Morgan fingerprint density at radius 3 is 2.58 bits per heavy atom. The average Bonchev–Trinajstić information content (AvgIpc) is 3.01. The lowest BCUT2D eigenvalue weighted by Gasteiger charge is -2.13. The van der Waals surface area contributed by atoms with Gasteiger partial charge in [-0.25, -0.2) is 8.42 Å². The second kappa shape index (κ2) is 6.60. The molecule has 0 bridgehead atoms. The number of rotatable bonds is 5. The van der Waals surface area contributed by atoms with Crippen molar-refractivity contribution >= 4 is 21.6 Å². The van der Waals surface area contributed by atoms with Crippen LogP contribution in [0.1, 0.15) is 15.9 Å². The lowest BCUT2D eigenvalue weighted by atomic mass is 10.1. The molecule has 9 heteroatoms. The van der Waals surface area contributed by atoms with Gasteiger partial charge in [0.25, 0.3) is 10.0 Å². The third kappa shape index (κ3) is 3.29. The molecule has 0 saturated carbocycles. The summed E-state index contributed by atoms with van der Waals surface area (Å²) in [6.07, 6.45) is 1.53. The van der Waals surface area contributed by atoms with Crippen molar-refractivity contribution < 1.29 is 13.2 Å². The summed E-state index contributed by atoms with van der Waals surface area (Å²) in [6.45, 7) is 1.69. The van der Waals surface area contributed by atoms with Gasteiger partial charge >= 0.3 is 0 Å². The number of aryl methyl sites for hydroxylation is 2. The van der Waals surface area contributed by atoms with Crippen molar-refractivity contribution in [1.82, 2.24) is 14.8 Å². The van der Waals surface area contributed by atoms with Gasteiger partial charge in [-0.3, -0.25) is 9.52 Å². The highest BCUT2D eigenvalue weighted by Gasteiger charge is 2.20. The molecule has 0 saturated heterocycles. The lowest BCUT2D eigenvalue weighted by molar-refractivity contribution is 0.0999. The van der Waals surface area contributed by atoms with Crippen LogP contribution in [0.15, 0.2) is 53.7 Å². The molecule has 0 spiro atoms. The predicted molar refractivity (Wildman–Crippen MR) is 96.9 cm³/mol. The normalized spacial score (nSPS) is 11.3. The summed E-state index contributed by atoms with van der Waals surface area (Å²) in [5, 5.41) is 7.83. The Morgan fingerprint density at radius 2 is 1.92 bits per heavy atom. The molecule has 0 aliphatic heterocycles. The number of nitrogens with two attached hydrogens (primary N) is 1. The van der Waals surface area contributed by atoms with E-state index in [1.165, 1.54) is 18.5 Å². The zero-order chi connectivity index (χ0) is 18.9. The number of para-hydroxylation sites is 1. The molecule has 1 heterocycles. The van der Waals surface area contributed by atoms with Crippen LogP contribution >= 0.6 is 0 Å². The molecule has 8 nitrogen and oxygen atoms in total. The molecule has 3 N–H and O–H groups in total. The van der Waals surface area contributed by atoms with Crippen molar-refractivity contribution in [1.29, 1.82) is 0 Å². The second-order valence-electron chi connectivity index (χ2n) is 5.76. The fourth-order valence-corrected chi connectivity index (χ4v) is 3.64. The number of carbonyl (C=O) groups is 1. The van der Waals surface area contributed by atoms with Crippen molar-refractivity contribution in [2.24, 2.45) is 12.8 Å². The molecule has 1 aromatic heterocycles. The highest BCUT2D eigenvalue weighted by molar-refractivity contribution is 7.92. The number of aromatic nitrogens is 3. The third-order valence-corrected chi connectivity index (χ3v) is 5.27. The van der Waals surface area contributed by atoms with Gasteiger partial charge in [-0.05, 0) is 36.8 Å². The number of hydrogen-bond donors (Lipinski definition) is 2. The van der Waals surface area contributed by atoms with E-state index in [0.29, 0.717) is 22.6 Å². The topological polar surface area (TPSA) is 120 Å². The lowest BCUT2D eigenvalue weighted by Crippen LogP contribution is -2.17. The van der Waals surface area contributed by atoms with Gasteiger partial charge in [0.1, 0.15) is 6.33 Å². The Labute approximate surface area is 150 Å². The Hall–Kier alpha value is -3.20. The number of primary amides is 1. The molecule has 0 unspecified atom stereocenters. The molecule has 0 aliphatic rings. The summed E-state index contributed by atoms with van der Waals surface area (Å²) in [6, 6.07) is 11.1. The van der Waals surface area contributed by atoms with Crippen LogP contribution in [0.3, 0.4) is 0 Å². The van der Waals surface area contributed by atoms with E-state index in [0.717, 1.165) is 0 Å². The van der Waals surface area contributed by atoms with Crippen molar-refractivity contribution in [3.8, 4) is 11.4 Å². The molecule has 3 aromatic rings. The van der Waals surface area contributed by atoms with Crippen LogP contribution in [0.2, 0.25) is 0 Å². The predicted octanol–water partition coefficient (Wildman–Crippen LogP) is 1.69. The van der Waals surface area contributed by atoms with Crippen molar-refractivity contribution in [3.05, 3.63) is 59.9 Å². The van der Waals surface area contributed by atoms with Crippen molar-refractivity contribution in [2.75, 3.05) is 4.72 Å². The molecule has 0 atom stereocenters. The minimum Gasteiger partial charge on any atom is -0.366 e. The van der Waals surface area contributed by atoms with E-state index in [2.05, 4.69) is 14.9 Å². The van der Waals surface area contributed by atoms with E-state index in [-0.39, 0.29) is 10.5 Å². The molecule has 0 aliphatic carbocycles. The summed E-state index contributed by atoms with van der Waals surface area (Å²) in [5.74, 6) is -0.163. The SMILES string of the molecule is Cc1ccc(S(=O)(=O)Nc2ccccc2-c2nncn2C)cc1C(N)=O. The zero-order valence-electron chi connectivity index (χ0n) is 14.2. The molecule has 0 fully saturated rings. The van der Waals surface area contributed by atoms with Crippen LogP contribution in [0.5, 0.6) is 0 Å². The first-order valence-corrected chi connectivity index (χ1v) is 9.14. The maximum absolute atomic E-state index is 12.8. The first-order chi connectivity index (χ1) is 12.3. The Bertz CT molecular complexity index is 1090. The number of carbonyl (C=O) groups excluding carboxylic acids is 1. The highest BCUT2D eigenvalue weighted by Crippen LogP contribution is 2.28. The van der Waals surface area contributed by atoms with Crippen LogP contribution in [0, 0.1) is 6.92 Å². The maximum atomic E-state index is 12.8. The molecule has 2 aromatic carbocycles. The summed E-state index contributed by atoms with van der Waals surface area (Å²) in [7, 11) is -2.16. The summed E-state index contributed by atoms with van der Waals surface area (Å²) < 4.78 is 29.8. The van der Waals surface area contributed by atoms with Gasteiger partial charge in [0, 0.05) is 18.2 Å². The fourth-order valence-electron chi connectivity index (χ4n) is 2.53. The number of hydrogen-bond acceptors (Lipinski definition) is 5. The number of benzene rings is 2. The number of nitrogens with one attached hydrogen (secondary N) is 1. The van der Waals surface area contributed by atoms with Crippen LogP contribution in [0.25, 0.3) is 11.4 Å². The molecular weight excluding hydrogens is 354 g/mol. The van der Waals surface area contributed by atoms with Gasteiger partial charge < -0.3 is 10.3 Å². The van der Waals surface area contributed by atoms with Crippen LogP contribution in [0.4, 0.5) is 5.69 Å². The Balaban J connectivity index is 2.03. The monoisotopic (exact) mass is 371 g/mol. The number of anilines is 1. The van der Waals surface area contributed by atoms with E-state index in [1.807, 2.05) is 0 Å². The van der Waals surface area contributed by atoms with Crippen LogP contribution in [-0.2, 0) is 17.1 Å². The van der Waals surface area contributed by atoms with Gasteiger partial charge in [0.05, 0.1) is 10.6 Å². The number of amides is 1. The molecule has 3 rings (SSSR count). The van der Waals surface area contributed by atoms with E-state index >= 15 is 0 Å².